The largest absolute Gasteiger partial charge is 0.478 e. The molecular weight excluding hydrogens is 268 g/mol. The van der Waals surface area contributed by atoms with Gasteiger partial charge in [0.05, 0.1) is 0 Å². The minimum atomic E-state index is -1.01. The summed E-state index contributed by atoms with van der Waals surface area (Å²) < 4.78 is 0. The molecule has 0 bridgehead atoms. The molecule has 0 radical (unpaired) electrons. The lowest BCUT2D eigenvalue weighted by molar-refractivity contribution is -0.131. The highest BCUT2D eigenvalue weighted by molar-refractivity contribution is 5.90. The van der Waals surface area contributed by atoms with Crippen molar-refractivity contribution >= 4 is 23.8 Å². The molecule has 1 aromatic rings. The van der Waals surface area contributed by atoms with Crippen molar-refractivity contribution in [3.8, 4) is 0 Å². The first-order valence-electron chi connectivity index (χ1n) is 6.88. The van der Waals surface area contributed by atoms with E-state index in [-0.39, 0.29) is 11.4 Å². The Morgan fingerprint density at radius 1 is 1.33 bits per heavy atom. The summed E-state index contributed by atoms with van der Waals surface area (Å²) >= 11 is 0. The number of carbonyl (C=O) groups is 2. The van der Waals surface area contributed by atoms with Crippen molar-refractivity contribution < 1.29 is 14.7 Å². The van der Waals surface area contributed by atoms with Gasteiger partial charge in [0, 0.05) is 18.3 Å². The number of carboxylic acids is 1. The summed E-state index contributed by atoms with van der Waals surface area (Å²) in [7, 11) is 0. The van der Waals surface area contributed by atoms with Crippen LogP contribution in [0.3, 0.4) is 0 Å². The fraction of sp³-hybridized carbons (Fsp3) is 0.375. The minimum absolute atomic E-state index is 0.0589. The number of amides is 2. The first-order chi connectivity index (χ1) is 9.82. The van der Waals surface area contributed by atoms with E-state index in [4.69, 9.17) is 5.11 Å². The van der Waals surface area contributed by atoms with E-state index in [1.807, 2.05) is 0 Å². The number of urea groups is 1. The maximum atomic E-state index is 11.8. The van der Waals surface area contributed by atoms with Crippen LogP contribution < -0.4 is 10.6 Å². The summed E-state index contributed by atoms with van der Waals surface area (Å²) in [5.74, 6) is -1.01. The average molecular weight is 290 g/mol. The number of anilines is 1. The number of aliphatic carboxylic acids is 1. The van der Waals surface area contributed by atoms with Crippen LogP contribution >= 0.6 is 0 Å². The van der Waals surface area contributed by atoms with E-state index in [0.29, 0.717) is 17.8 Å². The molecule has 0 heterocycles. The van der Waals surface area contributed by atoms with Crippen LogP contribution in [0.2, 0.25) is 0 Å². The third kappa shape index (κ3) is 6.61. The number of carboxylic acid groups (broad SMARTS) is 1. The third-order valence-corrected chi connectivity index (χ3v) is 3.25. The Morgan fingerprint density at radius 2 is 2.05 bits per heavy atom. The molecular formula is C16H22N2O3. The first kappa shape index (κ1) is 16.8. The summed E-state index contributed by atoms with van der Waals surface area (Å²) in [6.45, 7) is 6.85. The van der Waals surface area contributed by atoms with Gasteiger partial charge in [0.2, 0.25) is 0 Å². The van der Waals surface area contributed by atoms with Gasteiger partial charge in [-0.3, -0.25) is 0 Å². The van der Waals surface area contributed by atoms with E-state index in [0.717, 1.165) is 12.5 Å². The number of carbonyl (C=O) groups excluding carboxylic acids is 1. The molecule has 2 amide bonds. The molecule has 0 spiro atoms. The maximum absolute atomic E-state index is 11.8. The zero-order valence-electron chi connectivity index (χ0n) is 12.6. The Hall–Kier alpha value is -2.30. The number of hydrogen-bond acceptors (Lipinski definition) is 2. The fourth-order valence-corrected chi connectivity index (χ4v) is 1.51. The van der Waals surface area contributed by atoms with Crippen LogP contribution in [-0.4, -0.2) is 23.7 Å². The van der Waals surface area contributed by atoms with Gasteiger partial charge < -0.3 is 15.7 Å². The van der Waals surface area contributed by atoms with Gasteiger partial charge in [-0.25, -0.2) is 9.59 Å². The number of rotatable bonds is 6. The summed E-state index contributed by atoms with van der Waals surface area (Å²) in [5.41, 5.74) is 1.39. The van der Waals surface area contributed by atoms with Crippen molar-refractivity contribution in [3.63, 3.8) is 0 Å². The van der Waals surface area contributed by atoms with Crippen LogP contribution in [0.15, 0.2) is 30.3 Å². The molecule has 0 aliphatic carbocycles. The molecule has 0 aliphatic heterocycles. The lowest BCUT2D eigenvalue weighted by Crippen LogP contribution is -2.36. The molecule has 3 N–H and O–H groups in total. The van der Waals surface area contributed by atoms with Crippen molar-refractivity contribution in [1.82, 2.24) is 5.32 Å². The average Bonchev–Trinajstić information content (AvgIpc) is 2.43. The zero-order chi connectivity index (χ0) is 15.9. The Bertz CT molecular complexity index is 536. The zero-order valence-corrected chi connectivity index (χ0v) is 12.6. The van der Waals surface area contributed by atoms with E-state index < -0.39 is 5.97 Å². The van der Waals surface area contributed by atoms with E-state index in [2.05, 4.69) is 31.4 Å². The molecule has 21 heavy (non-hydrogen) atoms. The number of nitrogens with one attached hydrogen (secondary N) is 2. The highest BCUT2D eigenvalue weighted by Gasteiger charge is 2.15. The smallest absolute Gasteiger partial charge is 0.328 e. The predicted molar refractivity (Wildman–Crippen MR) is 84.2 cm³/mol. The van der Waals surface area contributed by atoms with Crippen molar-refractivity contribution in [2.75, 3.05) is 11.9 Å². The molecule has 0 aliphatic rings. The van der Waals surface area contributed by atoms with E-state index in [1.165, 1.54) is 6.08 Å². The maximum Gasteiger partial charge on any atom is 0.328 e. The Labute approximate surface area is 125 Å². The molecule has 0 atom stereocenters. The molecule has 0 fully saturated rings. The molecule has 0 unspecified atom stereocenters. The van der Waals surface area contributed by atoms with Crippen LogP contribution in [0.1, 0.15) is 32.8 Å². The van der Waals surface area contributed by atoms with Crippen molar-refractivity contribution in [3.05, 3.63) is 35.9 Å². The van der Waals surface area contributed by atoms with Gasteiger partial charge in [0.1, 0.15) is 0 Å². The van der Waals surface area contributed by atoms with Crippen LogP contribution in [-0.2, 0) is 4.79 Å². The highest BCUT2D eigenvalue weighted by Crippen LogP contribution is 2.18. The third-order valence-electron chi connectivity index (χ3n) is 3.25. The molecule has 1 aromatic carbocycles. The lowest BCUT2D eigenvalue weighted by atomic mass is 9.90. The number of hydrogen-bond donors (Lipinski definition) is 3. The summed E-state index contributed by atoms with van der Waals surface area (Å²) in [6, 6.07) is 6.72. The highest BCUT2D eigenvalue weighted by atomic mass is 16.4. The molecule has 114 valence electrons. The second-order valence-corrected chi connectivity index (χ2v) is 5.62. The summed E-state index contributed by atoms with van der Waals surface area (Å²) in [6.07, 6.45) is 3.51. The topological polar surface area (TPSA) is 78.4 Å². The van der Waals surface area contributed by atoms with Gasteiger partial charge in [0.25, 0.3) is 0 Å². The normalized spacial score (nSPS) is 11.4. The molecule has 5 heteroatoms. The second kappa shape index (κ2) is 7.47. The number of benzene rings is 1. The minimum Gasteiger partial charge on any atom is -0.478 e. The van der Waals surface area contributed by atoms with E-state index >= 15 is 0 Å². The van der Waals surface area contributed by atoms with Crippen molar-refractivity contribution in [1.29, 1.82) is 0 Å². The molecule has 0 saturated heterocycles. The second-order valence-electron chi connectivity index (χ2n) is 5.62. The lowest BCUT2D eigenvalue weighted by Gasteiger charge is -2.22. The van der Waals surface area contributed by atoms with Crippen LogP contribution in [0.25, 0.3) is 6.08 Å². The quantitative estimate of drug-likeness (QED) is 0.703. The van der Waals surface area contributed by atoms with Gasteiger partial charge >= 0.3 is 12.0 Å². The molecule has 0 saturated carbocycles. The van der Waals surface area contributed by atoms with Crippen LogP contribution in [0.5, 0.6) is 0 Å². The van der Waals surface area contributed by atoms with Gasteiger partial charge in [0.15, 0.2) is 0 Å². The molecule has 1 rings (SSSR count). The molecule has 5 nitrogen and oxygen atoms in total. The fourth-order valence-electron chi connectivity index (χ4n) is 1.51. The van der Waals surface area contributed by atoms with Gasteiger partial charge in [-0.1, -0.05) is 32.9 Å². The predicted octanol–water partition coefficient (Wildman–Crippen LogP) is 3.34. The van der Waals surface area contributed by atoms with Crippen molar-refractivity contribution in [2.45, 2.75) is 27.2 Å². The van der Waals surface area contributed by atoms with E-state index in [1.54, 1.807) is 24.3 Å². The SMILES string of the molecule is CCC(C)(C)CNC(=O)Nc1cccc(/C=C/C(=O)O)c1. The van der Waals surface area contributed by atoms with Gasteiger partial charge in [-0.15, -0.1) is 0 Å². The van der Waals surface area contributed by atoms with Crippen molar-refractivity contribution in [2.24, 2.45) is 5.41 Å². The monoisotopic (exact) mass is 290 g/mol. The summed E-state index contributed by atoms with van der Waals surface area (Å²) in [4.78, 5) is 22.3. The first-order valence-corrected chi connectivity index (χ1v) is 6.88. The van der Waals surface area contributed by atoms with Crippen LogP contribution in [0.4, 0.5) is 10.5 Å². The Balaban J connectivity index is 2.60. The Morgan fingerprint density at radius 3 is 2.67 bits per heavy atom. The summed E-state index contributed by atoms with van der Waals surface area (Å²) in [5, 5.41) is 14.2. The van der Waals surface area contributed by atoms with E-state index in [9.17, 15) is 9.59 Å². The Kier molecular flexibility index (Phi) is 5.96. The van der Waals surface area contributed by atoms with Gasteiger partial charge in [-0.2, -0.15) is 0 Å². The standard InChI is InChI=1S/C16H22N2O3/c1-4-16(2,3)11-17-15(21)18-13-7-5-6-12(10-13)8-9-14(19)20/h5-10H,4,11H2,1-3H3,(H,19,20)(H2,17,18,21)/b9-8+. The molecule has 0 aromatic heterocycles. The van der Waals surface area contributed by atoms with Crippen LogP contribution in [0, 0.1) is 5.41 Å². The van der Waals surface area contributed by atoms with Gasteiger partial charge in [-0.05, 0) is 35.6 Å².